The van der Waals surface area contributed by atoms with Gasteiger partial charge in [-0.3, -0.25) is 10.6 Å². The number of aromatic nitrogens is 3. The molecule has 172 valence electrons. The molecule has 9 nitrogen and oxygen atoms in total. The van der Waals surface area contributed by atoms with Crippen LogP contribution in [0.5, 0.6) is 0 Å². The van der Waals surface area contributed by atoms with Gasteiger partial charge < -0.3 is 9.47 Å². The molecule has 0 unspecified atom stereocenters. The highest BCUT2D eigenvalue weighted by molar-refractivity contribution is 5.85. The van der Waals surface area contributed by atoms with E-state index in [9.17, 15) is 9.59 Å². The van der Waals surface area contributed by atoms with E-state index in [0.717, 1.165) is 5.56 Å². The molecule has 0 bridgehead atoms. The summed E-state index contributed by atoms with van der Waals surface area (Å²) in [5, 5.41) is 13.6. The second-order valence-electron chi connectivity index (χ2n) is 7.26. The molecular weight excluding hydrogens is 434 g/mol. The van der Waals surface area contributed by atoms with Gasteiger partial charge in [-0.25, -0.2) is 14.3 Å². The van der Waals surface area contributed by atoms with Crippen LogP contribution in [0.2, 0.25) is 0 Å². The molecule has 4 aromatic rings. The normalized spacial score (nSPS) is 10.4. The number of ether oxygens (including phenoxy) is 2. The van der Waals surface area contributed by atoms with Crippen molar-refractivity contribution in [3.8, 4) is 0 Å². The van der Waals surface area contributed by atoms with Crippen molar-refractivity contribution in [1.29, 1.82) is 0 Å². The van der Waals surface area contributed by atoms with E-state index in [1.165, 1.54) is 0 Å². The maximum absolute atomic E-state index is 12.3. The smallest absolute Gasteiger partial charge is 0.412 e. The molecule has 0 fully saturated rings. The summed E-state index contributed by atoms with van der Waals surface area (Å²) in [5.41, 5.74) is 3.15. The fraction of sp³-hybridized carbons (Fsp3) is 0.120. The van der Waals surface area contributed by atoms with E-state index in [1.54, 1.807) is 41.1 Å². The number of nitrogens with zero attached hydrogens (tertiary/aromatic N) is 3. The first kappa shape index (κ1) is 22.5. The number of amides is 2. The third-order valence-corrected chi connectivity index (χ3v) is 4.81. The molecule has 0 saturated heterocycles. The topological polar surface area (TPSA) is 107 Å². The Hall–Kier alpha value is -4.66. The van der Waals surface area contributed by atoms with Crippen molar-refractivity contribution in [2.75, 3.05) is 10.6 Å². The van der Waals surface area contributed by atoms with Gasteiger partial charge in [0.1, 0.15) is 24.6 Å². The minimum absolute atomic E-state index is 0.0997. The number of carbonyl (C=O) groups excluding carboxylic acids is 2. The standard InChI is InChI=1S/C25H23N5O4/c31-24(26-20-12-6-2-7-13-20)33-17-22-23(18-34-25(32)27-21-14-8-3-9-15-21)30(29-28-22)16-19-10-4-1-5-11-19/h1-15H,16-18H2,(H,26,31)(H,27,32). The predicted octanol–water partition coefficient (Wildman–Crippen LogP) is 4.82. The molecule has 0 radical (unpaired) electrons. The Labute approximate surface area is 196 Å². The van der Waals surface area contributed by atoms with Crippen LogP contribution in [-0.4, -0.2) is 27.2 Å². The average molecular weight is 457 g/mol. The maximum Gasteiger partial charge on any atom is 0.412 e. The SMILES string of the molecule is O=C(Nc1ccccc1)OCc1nnn(Cc2ccccc2)c1COC(=O)Nc1ccccc1. The minimum Gasteiger partial charge on any atom is -0.443 e. The number of hydrogen-bond donors (Lipinski definition) is 2. The van der Waals surface area contributed by atoms with Crippen LogP contribution >= 0.6 is 0 Å². The molecule has 0 aliphatic heterocycles. The van der Waals surface area contributed by atoms with E-state index in [0.29, 0.717) is 29.3 Å². The van der Waals surface area contributed by atoms with Gasteiger partial charge in [-0.1, -0.05) is 71.9 Å². The molecule has 0 aliphatic carbocycles. The van der Waals surface area contributed by atoms with Crippen LogP contribution in [0.25, 0.3) is 0 Å². The molecular formula is C25H23N5O4. The molecule has 9 heteroatoms. The van der Waals surface area contributed by atoms with E-state index < -0.39 is 12.2 Å². The fourth-order valence-corrected chi connectivity index (χ4v) is 3.14. The van der Waals surface area contributed by atoms with Crippen molar-refractivity contribution < 1.29 is 19.1 Å². The zero-order valence-electron chi connectivity index (χ0n) is 18.3. The largest absolute Gasteiger partial charge is 0.443 e. The van der Waals surface area contributed by atoms with E-state index in [4.69, 9.17) is 9.47 Å². The summed E-state index contributed by atoms with van der Waals surface area (Å²) in [7, 11) is 0. The van der Waals surface area contributed by atoms with Crippen molar-refractivity contribution in [3.63, 3.8) is 0 Å². The Balaban J connectivity index is 1.43. The summed E-state index contributed by atoms with van der Waals surface area (Å²) in [5.74, 6) is 0. The third kappa shape index (κ3) is 6.42. The van der Waals surface area contributed by atoms with Crippen molar-refractivity contribution in [2.24, 2.45) is 0 Å². The zero-order valence-corrected chi connectivity index (χ0v) is 18.3. The number of anilines is 2. The Bertz CT molecular complexity index is 1210. The van der Waals surface area contributed by atoms with Gasteiger partial charge in [-0.2, -0.15) is 0 Å². The van der Waals surface area contributed by atoms with Gasteiger partial charge in [-0.05, 0) is 29.8 Å². The van der Waals surface area contributed by atoms with Crippen LogP contribution in [0.15, 0.2) is 91.0 Å². The Kier molecular flexibility index (Phi) is 7.47. The second kappa shape index (κ2) is 11.3. The molecule has 0 saturated carbocycles. The van der Waals surface area contributed by atoms with Crippen LogP contribution in [-0.2, 0) is 29.2 Å². The Morgan fingerprint density at radius 3 is 1.76 bits per heavy atom. The van der Waals surface area contributed by atoms with Crippen molar-refractivity contribution in [1.82, 2.24) is 15.0 Å². The summed E-state index contributed by atoms with van der Waals surface area (Å²) in [6.07, 6.45) is -1.25. The van der Waals surface area contributed by atoms with Crippen LogP contribution in [0.3, 0.4) is 0 Å². The fourth-order valence-electron chi connectivity index (χ4n) is 3.14. The van der Waals surface area contributed by atoms with E-state index in [1.807, 2.05) is 54.6 Å². The highest BCUT2D eigenvalue weighted by Crippen LogP contribution is 2.14. The van der Waals surface area contributed by atoms with Gasteiger partial charge in [0.15, 0.2) is 0 Å². The lowest BCUT2D eigenvalue weighted by molar-refractivity contribution is 0.144. The Morgan fingerprint density at radius 1 is 0.706 bits per heavy atom. The quantitative estimate of drug-likeness (QED) is 0.393. The Morgan fingerprint density at radius 2 is 1.21 bits per heavy atom. The highest BCUT2D eigenvalue weighted by atomic mass is 16.6. The van der Waals surface area contributed by atoms with Crippen LogP contribution < -0.4 is 10.6 Å². The number of nitrogens with one attached hydrogen (secondary N) is 2. The van der Waals surface area contributed by atoms with E-state index in [-0.39, 0.29) is 13.2 Å². The first-order valence-electron chi connectivity index (χ1n) is 10.6. The van der Waals surface area contributed by atoms with Crippen molar-refractivity contribution in [3.05, 3.63) is 108 Å². The molecule has 34 heavy (non-hydrogen) atoms. The maximum atomic E-state index is 12.3. The molecule has 2 N–H and O–H groups in total. The number of para-hydroxylation sites is 2. The zero-order chi connectivity index (χ0) is 23.6. The molecule has 0 atom stereocenters. The molecule has 1 aromatic heterocycles. The van der Waals surface area contributed by atoms with Crippen LogP contribution in [0.4, 0.5) is 21.0 Å². The molecule has 4 rings (SSSR count). The van der Waals surface area contributed by atoms with Gasteiger partial charge in [0.2, 0.25) is 0 Å². The summed E-state index contributed by atoms with van der Waals surface area (Å²) >= 11 is 0. The number of carbonyl (C=O) groups is 2. The first-order chi connectivity index (χ1) is 16.7. The molecule has 1 heterocycles. The van der Waals surface area contributed by atoms with Gasteiger partial charge in [0.05, 0.1) is 6.54 Å². The van der Waals surface area contributed by atoms with Crippen molar-refractivity contribution >= 4 is 23.6 Å². The molecule has 3 aromatic carbocycles. The number of rotatable bonds is 8. The van der Waals surface area contributed by atoms with E-state index in [2.05, 4.69) is 20.9 Å². The summed E-state index contributed by atoms with van der Waals surface area (Å²) in [6, 6.07) is 27.6. The highest BCUT2D eigenvalue weighted by Gasteiger charge is 2.17. The summed E-state index contributed by atoms with van der Waals surface area (Å²) in [6.45, 7) is 0.188. The molecule has 0 aliphatic rings. The van der Waals surface area contributed by atoms with Crippen LogP contribution in [0, 0.1) is 0 Å². The van der Waals surface area contributed by atoms with Gasteiger partial charge in [0, 0.05) is 11.4 Å². The predicted molar refractivity (Wildman–Crippen MR) is 126 cm³/mol. The molecule has 2 amide bonds. The molecule has 0 spiro atoms. The lowest BCUT2D eigenvalue weighted by Crippen LogP contribution is -2.17. The number of benzene rings is 3. The van der Waals surface area contributed by atoms with Crippen molar-refractivity contribution in [2.45, 2.75) is 19.8 Å². The average Bonchev–Trinajstić information content (AvgIpc) is 3.24. The lowest BCUT2D eigenvalue weighted by atomic mass is 10.2. The van der Waals surface area contributed by atoms with Gasteiger partial charge in [-0.15, -0.1) is 5.10 Å². The summed E-state index contributed by atoms with van der Waals surface area (Å²) < 4.78 is 12.3. The second-order valence-corrected chi connectivity index (χ2v) is 7.26. The monoisotopic (exact) mass is 457 g/mol. The van der Waals surface area contributed by atoms with Gasteiger partial charge in [0.25, 0.3) is 0 Å². The van der Waals surface area contributed by atoms with Crippen LogP contribution in [0.1, 0.15) is 17.0 Å². The lowest BCUT2D eigenvalue weighted by Gasteiger charge is -2.11. The van der Waals surface area contributed by atoms with Gasteiger partial charge >= 0.3 is 12.2 Å². The first-order valence-corrected chi connectivity index (χ1v) is 10.6. The van der Waals surface area contributed by atoms with E-state index >= 15 is 0 Å². The third-order valence-electron chi connectivity index (χ3n) is 4.81. The minimum atomic E-state index is -0.627. The number of hydrogen-bond acceptors (Lipinski definition) is 6. The summed E-state index contributed by atoms with van der Waals surface area (Å²) in [4.78, 5) is 24.5.